The van der Waals surface area contributed by atoms with Gasteiger partial charge in [0.25, 0.3) is 5.56 Å². The van der Waals surface area contributed by atoms with E-state index in [2.05, 4.69) is 25.9 Å². The van der Waals surface area contributed by atoms with Gasteiger partial charge in [-0.1, -0.05) is 0 Å². The summed E-state index contributed by atoms with van der Waals surface area (Å²) >= 11 is 4.91. The Labute approximate surface area is 125 Å². The molecule has 1 aliphatic rings. The van der Waals surface area contributed by atoms with Crippen molar-refractivity contribution in [3.05, 3.63) is 52.9 Å². The lowest BCUT2D eigenvalue weighted by atomic mass is 10.2. The standard InChI is InChI=1S/C12H10BrN3O3S/c13-8-5-20-4-6(8)1-10(17)16-2-7-9(3-16)14-12(19)15-11(7)18/h4-5H,1-3H2,(H2,14,15,18,19). The highest BCUT2D eigenvalue weighted by Crippen LogP contribution is 2.24. The molecule has 6 nitrogen and oxygen atoms in total. The van der Waals surface area contributed by atoms with Crippen LogP contribution in [0.5, 0.6) is 0 Å². The maximum absolute atomic E-state index is 12.2. The molecule has 0 spiro atoms. The molecule has 2 aromatic heterocycles. The van der Waals surface area contributed by atoms with Gasteiger partial charge >= 0.3 is 5.69 Å². The van der Waals surface area contributed by atoms with E-state index in [1.165, 1.54) is 11.3 Å². The zero-order valence-corrected chi connectivity index (χ0v) is 12.6. The first-order valence-corrected chi connectivity index (χ1v) is 7.61. The van der Waals surface area contributed by atoms with E-state index in [4.69, 9.17) is 0 Å². The summed E-state index contributed by atoms with van der Waals surface area (Å²) in [4.78, 5) is 41.4. The van der Waals surface area contributed by atoms with Gasteiger partial charge in [0.05, 0.1) is 25.1 Å². The van der Waals surface area contributed by atoms with E-state index in [1.54, 1.807) is 4.90 Å². The molecule has 0 saturated heterocycles. The van der Waals surface area contributed by atoms with E-state index in [1.807, 2.05) is 10.8 Å². The van der Waals surface area contributed by atoms with Crippen LogP contribution in [0.3, 0.4) is 0 Å². The Morgan fingerprint density at radius 1 is 1.30 bits per heavy atom. The van der Waals surface area contributed by atoms with Crippen molar-refractivity contribution in [3.63, 3.8) is 0 Å². The van der Waals surface area contributed by atoms with Gasteiger partial charge in [0.2, 0.25) is 5.91 Å². The van der Waals surface area contributed by atoms with Gasteiger partial charge in [-0.3, -0.25) is 14.6 Å². The maximum atomic E-state index is 12.2. The predicted molar refractivity (Wildman–Crippen MR) is 77.7 cm³/mol. The third kappa shape index (κ3) is 2.36. The number of fused-ring (bicyclic) bond motifs is 1. The number of hydrogen-bond acceptors (Lipinski definition) is 4. The van der Waals surface area contributed by atoms with Gasteiger partial charge in [-0.15, -0.1) is 0 Å². The number of halogens is 1. The molecular formula is C12H10BrN3O3S. The number of aromatic amines is 2. The minimum absolute atomic E-state index is 0.0689. The minimum Gasteiger partial charge on any atom is -0.332 e. The molecule has 0 radical (unpaired) electrons. The quantitative estimate of drug-likeness (QED) is 0.841. The van der Waals surface area contributed by atoms with Gasteiger partial charge < -0.3 is 9.88 Å². The van der Waals surface area contributed by atoms with E-state index in [0.29, 0.717) is 11.3 Å². The lowest BCUT2D eigenvalue weighted by molar-refractivity contribution is -0.131. The van der Waals surface area contributed by atoms with E-state index < -0.39 is 11.2 Å². The summed E-state index contributed by atoms with van der Waals surface area (Å²) in [6.45, 7) is 0.511. The van der Waals surface area contributed by atoms with Crippen molar-refractivity contribution < 1.29 is 4.79 Å². The van der Waals surface area contributed by atoms with Crippen LogP contribution in [-0.4, -0.2) is 20.8 Å². The maximum Gasteiger partial charge on any atom is 0.325 e. The normalized spacial score (nSPS) is 13.6. The van der Waals surface area contributed by atoms with Crippen LogP contribution >= 0.6 is 27.3 Å². The van der Waals surface area contributed by atoms with E-state index in [-0.39, 0.29) is 25.4 Å². The Kier molecular flexibility index (Phi) is 3.35. The lowest BCUT2D eigenvalue weighted by Crippen LogP contribution is -2.28. The second kappa shape index (κ2) is 5.02. The van der Waals surface area contributed by atoms with Crippen LogP contribution in [0.15, 0.2) is 24.8 Å². The highest BCUT2D eigenvalue weighted by Gasteiger charge is 2.26. The van der Waals surface area contributed by atoms with Crippen molar-refractivity contribution in [1.29, 1.82) is 0 Å². The first-order chi connectivity index (χ1) is 9.54. The molecule has 3 heterocycles. The fraction of sp³-hybridized carbons (Fsp3) is 0.250. The number of nitrogens with zero attached hydrogens (tertiary/aromatic N) is 1. The summed E-state index contributed by atoms with van der Waals surface area (Å²) in [5.41, 5.74) is 0.955. The molecule has 1 amide bonds. The van der Waals surface area contributed by atoms with E-state index >= 15 is 0 Å². The first kappa shape index (κ1) is 13.3. The fourth-order valence-corrected chi connectivity index (χ4v) is 3.63. The Balaban J connectivity index is 1.80. The highest BCUT2D eigenvalue weighted by atomic mass is 79.9. The number of aromatic nitrogens is 2. The number of nitrogens with one attached hydrogen (secondary N) is 2. The number of hydrogen-bond donors (Lipinski definition) is 2. The smallest absolute Gasteiger partial charge is 0.325 e. The Morgan fingerprint density at radius 3 is 2.80 bits per heavy atom. The number of thiophene rings is 1. The molecule has 0 atom stereocenters. The summed E-state index contributed by atoms with van der Waals surface area (Å²) < 4.78 is 0.916. The van der Waals surface area contributed by atoms with Crippen molar-refractivity contribution in [2.24, 2.45) is 0 Å². The molecule has 0 unspecified atom stereocenters. The summed E-state index contributed by atoms with van der Waals surface area (Å²) in [7, 11) is 0. The fourth-order valence-electron chi connectivity index (χ4n) is 2.18. The molecule has 2 aromatic rings. The van der Waals surface area contributed by atoms with Gasteiger partial charge in [-0.05, 0) is 26.9 Å². The molecule has 2 N–H and O–H groups in total. The molecule has 0 saturated carbocycles. The van der Waals surface area contributed by atoms with E-state index in [9.17, 15) is 14.4 Å². The first-order valence-electron chi connectivity index (χ1n) is 5.87. The summed E-state index contributed by atoms with van der Waals surface area (Å²) in [5.74, 6) is -0.0689. The molecule has 104 valence electrons. The largest absolute Gasteiger partial charge is 0.332 e. The Hall–Kier alpha value is -1.67. The molecular weight excluding hydrogens is 346 g/mol. The van der Waals surface area contributed by atoms with Crippen LogP contribution < -0.4 is 11.2 Å². The summed E-state index contributed by atoms with van der Waals surface area (Å²) in [5, 5.41) is 3.84. The molecule has 0 aromatic carbocycles. The van der Waals surface area contributed by atoms with Crippen molar-refractivity contribution in [2.45, 2.75) is 19.5 Å². The topological polar surface area (TPSA) is 86.0 Å². The second-order valence-electron chi connectivity index (χ2n) is 4.54. The molecule has 0 aliphatic carbocycles. The molecule has 3 rings (SSSR count). The average molecular weight is 356 g/mol. The van der Waals surface area contributed by atoms with Crippen molar-refractivity contribution in [1.82, 2.24) is 14.9 Å². The molecule has 8 heteroatoms. The number of carbonyl (C=O) groups is 1. The monoisotopic (exact) mass is 355 g/mol. The summed E-state index contributed by atoms with van der Waals surface area (Å²) in [6, 6.07) is 0. The second-order valence-corrected chi connectivity index (χ2v) is 6.13. The molecule has 0 fully saturated rings. The van der Waals surface area contributed by atoms with E-state index in [0.717, 1.165) is 10.0 Å². The third-order valence-corrected chi connectivity index (χ3v) is 5.04. The number of amides is 1. The zero-order valence-electron chi connectivity index (χ0n) is 10.2. The van der Waals surface area contributed by atoms with Crippen molar-refractivity contribution >= 4 is 33.2 Å². The van der Waals surface area contributed by atoms with Crippen LogP contribution in [0.2, 0.25) is 0 Å². The van der Waals surface area contributed by atoms with Gasteiger partial charge in [0.15, 0.2) is 0 Å². The summed E-state index contributed by atoms with van der Waals surface area (Å²) in [6.07, 6.45) is 0.278. The molecule has 1 aliphatic heterocycles. The minimum atomic E-state index is -0.538. The average Bonchev–Trinajstić information content (AvgIpc) is 2.96. The van der Waals surface area contributed by atoms with Crippen LogP contribution in [0, 0.1) is 0 Å². The van der Waals surface area contributed by atoms with Gasteiger partial charge in [-0.2, -0.15) is 11.3 Å². The van der Waals surface area contributed by atoms with Gasteiger partial charge in [0.1, 0.15) is 0 Å². The lowest BCUT2D eigenvalue weighted by Gasteiger charge is -2.14. The van der Waals surface area contributed by atoms with Crippen LogP contribution in [0.1, 0.15) is 16.8 Å². The zero-order chi connectivity index (χ0) is 14.3. The van der Waals surface area contributed by atoms with Crippen LogP contribution in [0.4, 0.5) is 0 Å². The van der Waals surface area contributed by atoms with Crippen molar-refractivity contribution in [2.75, 3.05) is 0 Å². The number of carbonyl (C=O) groups excluding carboxylic acids is 1. The Bertz CT molecular complexity index is 792. The SMILES string of the molecule is O=C(Cc1cscc1Br)N1Cc2[nH]c(=O)[nH]c(=O)c2C1. The number of H-pyrrole nitrogens is 2. The predicted octanol–water partition coefficient (Wildman–Crippen LogP) is 0.972. The highest BCUT2D eigenvalue weighted by molar-refractivity contribution is 9.10. The van der Waals surface area contributed by atoms with Crippen LogP contribution in [-0.2, 0) is 24.3 Å². The Morgan fingerprint density at radius 2 is 2.10 bits per heavy atom. The number of rotatable bonds is 2. The molecule has 0 bridgehead atoms. The third-order valence-electron chi connectivity index (χ3n) is 3.21. The molecule has 20 heavy (non-hydrogen) atoms. The van der Waals surface area contributed by atoms with Crippen LogP contribution in [0.25, 0.3) is 0 Å². The van der Waals surface area contributed by atoms with Gasteiger partial charge in [0, 0.05) is 15.5 Å². The van der Waals surface area contributed by atoms with Gasteiger partial charge in [-0.25, -0.2) is 4.79 Å². The van der Waals surface area contributed by atoms with Crippen molar-refractivity contribution in [3.8, 4) is 0 Å².